The van der Waals surface area contributed by atoms with E-state index in [1.54, 1.807) is 4.90 Å². The second-order valence-corrected chi connectivity index (χ2v) is 8.38. The van der Waals surface area contributed by atoms with E-state index in [2.05, 4.69) is 21.2 Å². The van der Waals surface area contributed by atoms with Gasteiger partial charge in [-0.3, -0.25) is 4.79 Å². The maximum atomic E-state index is 12.8. The molecule has 0 saturated carbocycles. The van der Waals surface area contributed by atoms with Crippen LogP contribution in [0, 0.1) is 0 Å². The van der Waals surface area contributed by atoms with E-state index in [1.165, 1.54) is 0 Å². The van der Waals surface area contributed by atoms with Gasteiger partial charge < -0.3 is 24.6 Å². The highest BCUT2D eigenvalue weighted by Crippen LogP contribution is 2.31. The van der Waals surface area contributed by atoms with Gasteiger partial charge in [-0.15, -0.1) is 0 Å². The van der Waals surface area contributed by atoms with Gasteiger partial charge in [-0.2, -0.15) is 0 Å². The number of benzene rings is 2. The number of hydrogen-bond acceptors (Lipinski definition) is 4. The van der Waals surface area contributed by atoms with Gasteiger partial charge >= 0.3 is 0 Å². The molecule has 0 spiro atoms. The molecule has 1 amide bonds. The number of nitrogens with zero attached hydrogens (tertiary/aromatic N) is 2. The van der Waals surface area contributed by atoms with Gasteiger partial charge in [-0.25, -0.2) is 0 Å². The van der Waals surface area contributed by atoms with Crippen molar-refractivity contribution in [1.29, 1.82) is 0 Å². The molecule has 6 nitrogen and oxygen atoms in total. The molecule has 2 aliphatic rings. The minimum absolute atomic E-state index is 0.0577. The standard InChI is InChI=1S/C20H19BrClN3O3S/c21-14-6-5-13(11-15(14)22)23-20(29)25-9-7-24(8-10-25)19(26)18-12-27-16-3-1-2-4-17(16)28-18/h1-6,11,18H,7-10,12H2,(H,23,29). The van der Waals surface area contributed by atoms with Crippen molar-refractivity contribution in [2.75, 3.05) is 38.1 Å². The topological polar surface area (TPSA) is 54.0 Å². The van der Waals surface area contributed by atoms with E-state index >= 15 is 0 Å². The first-order valence-electron chi connectivity index (χ1n) is 9.19. The van der Waals surface area contributed by atoms with Crippen LogP contribution >= 0.6 is 39.7 Å². The third kappa shape index (κ3) is 4.60. The molecule has 0 radical (unpaired) electrons. The third-order valence-electron chi connectivity index (χ3n) is 4.83. The number of thiocarbonyl (C=S) groups is 1. The average molecular weight is 497 g/mol. The van der Waals surface area contributed by atoms with E-state index < -0.39 is 6.10 Å². The second-order valence-electron chi connectivity index (χ2n) is 6.74. The molecule has 1 atom stereocenters. The summed E-state index contributed by atoms with van der Waals surface area (Å²) in [6, 6.07) is 13.0. The number of amides is 1. The Hall–Kier alpha value is -2.03. The number of carbonyl (C=O) groups is 1. The molecule has 1 N–H and O–H groups in total. The molecule has 0 bridgehead atoms. The number of nitrogens with one attached hydrogen (secondary N) is 1. The molecule has 0 aliphatic carbocycles. The monoisotopic (exact) mass is 495 g/mol. The summed E-state index contributed by atoms with van der Waals surface area (Å²) in [5, 5.41) is 4.43. The Labute approximate surface area is 187 Å². The van der Waals surface area contributed by atoms with Crippen LogP contribution < -0.4 is 14.8 Å². The van der Waals surface area contributed by atoms with Crippen molar-refractivity contribution in [3.05, 3.63) is 52.0 Å². The maximum absolute atomic E-state index is 12.8. The van der Waals surface area contributed by atoms with Gasteiger partial charge in [0.15, 0.2) is 16.6 Å². The predicted molar refractivity (Wildman–Crippen MR) is 120 cm³/mol. The summed E-state index contributed by atoms with van der Waals surface area (Å²) in [6.07, 6.45) is -0.619. The summed E-state index contributed by atoms with van der Waals surface area (Å²) in [7, 11) is 0. The van der Waals surface area contributed by atoms with Crippen LogP contribution in [-0.4, -0.2) is 59.7 Å². The normalized spacial score (nSPS) is 18.3. The summed E-state index contributed by atoms with van der Waals surface area (Å²) in [5.74, 6) is 1.22. The number of fused-ring (bicyclic) bond motifs is 1. The highest BCUT2D eigenvalue weighted by atomic mass is 79.9. The van der Waals surface area contributed by atoms with E-state index in [9.17, 15) is 4.79 Å². The Morgan fingerprint density at radius 2 is 1.79 bits per heavy atom. The number of carbonyl (C=O) groups excluding carboxylic acids is 1. The quantitative estimate of drug-likeness (QED) is 0.639. The summed E-state index contributed by atoms with van der Waals surface area (Å²) in [6.45, 7) is 2.66. The zero-order valence-electron chi connectivity index (χ0n) is 15.4. The van der Waals surface area contributed by atoms with Gasteiger partial charge in [0.2, 0.25) is 6.10 Å². The lowest BCUT2D eigenvalue weighted by atomic mass is 10.2. The predicted octanol–water partition coefficient (Wildman–Crippen LogP) is 3.78. The van der Waals surface area contributed by atoms with E-state index in [-0.39, 0.29) is 12.5 Å². The van der Waals surface area contributed by atoms with Gasteiger partial charge in [-0.1, -0.05) is 23.7 Å². The van der Waals surface area contributed by atoms with Crippen LogP contribution in [0.1, 0.15) is 0 Å². The van der Waals surface area contributed by atoms with Crippen molar-refractivity contribution >= 4 is 56.5 Å². The van der Waals surface area contributed by atoms with E-state index in [0.717, 1.165) is 10.2 Å². The summed E-state index contributed by atoms with van der Waals surface area (Å²) < 4.78 is 12.3. The highest BCUT2D eigenvalue weighted by molar-refractivity contribution is 9.10. The SMILES string of the molecule is O=C(C1COc2ccccc2O1)N1CCN(C(=S)Nc2ccc(Br)c(Cl)c2)CC1. The van der Waals surface area contributed by atoms with Crippen molar-refractivity contribution < 1.29 is 14.3 Å². The van der Waals surface area contributed by atoms with Gasteiger partial charge in [-0.05, 0) is 58.5 Å². The summed E-state index contributed by atoms with van der Waals surface area (Å²) in [4.78, 5) is 16.7. The Morgan fingerprint density at radius 1 is 1.10 bits per heavy atom. The molecule has 2 aromatic rings. The Bertz CT molecular complexity index is 937. The Balaban J connectivity index is 1.30. The number of ether oxygens (including phenoxy) is 2. The smallest absolute Gasteiger partial charge is 0.267 e. The van der Waals surface area contributed by atoms with Crippen LogP contribution in [0.2, 0.25) is 5.02 Å². The fourth-order valence-electron chi connectivity index (χ4n) is 3.25. The first-order chi connectivity index (χ1) is 14.0. The number of para-hydroxylation sites is 2. The highest BCUT2D eigenvalue weighted by Gasteiger charge is 2.33. The Morgan fingerprint density at radius 3 is 2.52 bits per heavy atom. The minimum Gasteiger partial charge on any atom is -0.485 e. The molecule has 1 fully saturated rings. The third-order valence-corrected chi connectivity index (χ3v) is 6.43. The van der Waals surface area contributed by atoms with E-state index in [0.29, 0.717) is 47.8 Å². The van der Waals surface area contributed by atoms with E-state index in [4.69, 9.17) is 33.3 Å². The lowest BCUT2D eigenvalue weighted by Gasteiger charge is -2.38. The lowest BCUT2D eigenvalue weighted by molar-refractivity contribution is -0.142. The van der Waals surface area contributed by atoms with Crippen LogP contribution in [0.4, 0.5) is 5.69 Å². The van der Waals surface area contributed by atoms with Crippen LogP contribution in [0.25, 0.3) is 0 Å². The number of rotatable bonds is 2. The minimum atomic E-state index is -0.619. The molecule has 1 saturated heterocycles. The Kier molecular flexibility index (Phi) is 6.12. The maximum Gasteiger partial charge on any atom is 0.267 e. The number of anilines is 1. The molecule has 29 heavy (non-hydrogen) atoms. The van der Waals surface area contributed by atoms with Gasteiger partial charge in [0.1, 0.15) is 6.61 Å². The van der Waals surface area contributed by atoms with E-state index in [1.807, 2.05) is 47.4 Å². The molecular weight excluding hydrogens is 478 g/mol. The van der Waals surface area contributed by atoms with Crippen molar-refractivity contribution in [2.45, 2.75) is 6.10 Å². The largest absolute Gasteiger partial charge is 0.485 e. The lowest BCUT2D eigenvalue weighted by Crippen LogP contribution is -2.55. The average Bonchev–Trinajstić information content (AvgIpc) is 2.75. The number of piperazine rings is 1. The van der Waals surface area contributed by atoms with Crippen molar-refractivity contribution in [1.82, 2.24) is 9.80 Å². The van der Waals surface area contributed by atoms with Gasteiger partial charge in [0.05, 0.1) is 5.02 Å². The van der Waals surface area contributed by atoms with Crippen molar-refractivity contribution in [2.24, 2.45) is 0 Å². The first-order valence-corrected chi connectivity index (χ1v) is 10.8. The second kappa shape index (κ2) is 8.77. The van der Waals surface area contributed by atoms with Crippen LogP contribution in [0.15, 0.2) is 46.9 Å². The first kappa shape index (κ1) is 20.3. The van der Waals surface area contributed by atoms with Crippen LogP contribution in [-0.2, 0) is 4.79 Å². The van der Waals surface area contributed by atoms with Crippen LogP contribution in [0.5, 0.6) is 11.5 Å². The molecule has 2 aromatic carbocycles. The molecule has 2 aliphatic heterocycles. The number of hydrogen-bond donors (Lipinski definition) is 1. The molecule has 152 valence electrons. The number of halogens is 2. The van der Waals surface area contributed by atoms with Gasteiger partial charge in [0.25, 0.3) is 5.91 Å². The zero-order chi connectivity index (χ0) is 20.4. The fraction of sp³-hybridized carbons (Fsp3) is 0.300. The molecular formula is C20H19BrClN3O3S. The summed E-state index contributed by atoms with van der Waals surface area (Å²) in [5.41, 5.74) is 0.827. The molecule has 0 aromatic heterocycles. The van der Waals surface area contributed by atoms with Crippen LogP contribution in [0.3, 0.4) is 0 Å². The molecule has 4 rings (SSSR count). The zero-order valence-corrected chi connectivity index (χ0v) is 18.6. The van der Waals surface area contributed by atoms with Crippen molar-refractivity contribution in [3.63, 3.8) is 0 Å². The fourth-order valence-corrected chi connectivity index (χ4v) is 3.98. The molecule has 9 heteroatoms. The van der Waals surface area contributed by atoms with Gasteiger partial charge in [0, 0.05) is 36.3 Å². The molecule has 2 heterocycles. The van der Waals surface area contributed by atoms with Crippen molar-refractivity contribution in [3.8, 4) is 11.5 Å². The summed E-state index contributed by atoms with van der Waals surface area (Å²) >= 11 is 15.0. The molecule has 1 unspecified atom stereocenters.